The van der Waals surface area contributed by atoms with Gasteiger partial charge < -0.3 is 4.89 Å². The summed E-state index contributed by atoms with van der Waals surface area (Å²) in [5.74, 6) is 0. The van der Waals surface area contributed by atoms with E-state index in [2.05, 4.69) is 9.05 Å². The van der Waals surface area contributed by atoms with Crippen molar-refractivity contribution in [2.75, 3.05) is 13.7 Å². The summed E-state index contributed by atoms with van der Waals surface area (Å²) in [6, 6.07) is 5.63. The molecular weight excluding hydrogens is 205 g/mol. The van der Waals surface area contributed by atoms with Crippen LogP contribution in [0.25, 0.3) is 0 Å². The molecule has 1 unspecified atom stereocenters. The fourth-order valence-electron chi connectivity index (χ4n) is 0.898. The summed E-state index contributed by atoms with van der Waals surface area (Å²) in [6.45, 7) is 0.644. The fraction of sp³-hybridized carbons (Fsp3) is 0.375. The van der Waals surface area contributed by atoms with Gasteiger partial charge in [0.15, 0.2) is 18.9 Å². The lowest BCUT2D eigenvalue weighted by Crippen LogP contribution is -2.34. The molecule has 0 fully saturated rings. The first-order valence-corrected chi connectivity index (χ1v) is 5.61. The van der Waals surface area contributed by atoms with Gasteiger partial charge in [0.25, 0.3) is 0 Å². The van der Waals surface area contributed by atoms with Gasteiger partial charge >= 0.3 is 7.82 Å². The number of phosphoric ester groups is 1. The number of rotatable bonds is 5. The van der Waals surface area contributed by atoms with Crippen molar-refractivity contribution in [3.05, 3.63) is 30.6 Å². The molecule has 1 rings (SSSR count). The average Bonchev–Trinajstić information content (AvgIpc) is 2.19. The van der Waals surface area contributed by atoms with Gasteiger partial charge in [0.2, 0.25) is 0 Å². The maximum Gasteiger partial charge on any atom is 0.472 e. The Balaban J connectivity index is 2.33. The zero-order valence-electron chi connectivity index (χ0n) is 7.87. The van der Waals surface area contributed by atoms with Crippen molar-refractivity contribution in [3.8, 4) is 0 Å². The van der Waals surface area contributed by atoms with Gasteiger partial charge in [0.05, 0.1) is 0 Å². The molecule has 0 aromatic carbocycles. The first-order valence-electron chi connectivity index (χ1n) is 4.11. The maximum atomic E-state index is 10.9. The highest BCUT2D eigenvalue weighted by molar-refractivity contribution is 7.47. The SMILES string of the molecule is COP(=O)(O)OCC[n+]1ccccc1. The molecule has 0 radical (unpaired) electrons. The van der Waals surface area contributed by atoms with Crippen molar-refractivity contribution in [1.29, 1.82) is 0 Å². The van der Waals surface area contributed by atoms with Crippen LogP contribution in [-0.4, -0.2) is 18.6 Å². The molecule has 0 aliphatic rings. The molecule has 1 heterocycles. The van der Waals surface area contributed by atoms with E-state index in [0.717, 1.165) is 7.11 Å². The minimum Gasteiger partial charge on any atom is -0.302 e. The van der Waals surface area contributed by atoms with E-state index in [0.29, 0.717) is 6.54 Å². The summed E-state index contributed by atoms with van der Waals surface area (Å²) in [6.07, 6.45) is 3.69. The Bertz CT molecular complexity index is 316. The van der Waals surface area contributed by atoms with Crippen molar-refractivity contribution >= 4 is 7.82 Å². The Morgan fingerprint density at radius 3 is 2.57 bits per heavy atom. The topological polar surface area (TPSA) is 59.6 Å². The second-order valence-corrected chi connectivity index (χ2v) is 4.16. The Hall–Kier alpha value is -0.740. The molecule has 1 N–H and O–H groups in total. The predicted octanol–water partition coefficient (Wildman–Crippen LogP) is 0.737. The van der Waals surface area contributed by atoms with Crippen LogP contribution in [0.4, 0.5) is 0 Å². The fourth-order valence-corrected chi connectivity index (χ4v) is 1.32. The first-order chi connectivity index (χ1) is 6.64. The zero-order chi connectivity index (χ0) is 10.4. The molecule has 78 valence electrons. The second kappa shape index (κ2) is 5.22. The molecule has 1 aromatic heterocycles. The molecule has 0 amide bonds. The van der Waals surface area contributed by atoms with Crippen LogP contribution >= 0.6 is 7.82 Å². The minimum absolute atomic E-state index is 0.135. The van der Waals surface area contributed by atoms with Gasteiger partial charge in [0.1, 0.15) is 6.61 Å². The molecule has 0 saturated heterocycles. The van der Waals surface area contributed by atoms with Crippen LogP contribution in [-0.2, 0) is 20.2 Å². The monoisotopic (exact) mass is 218 g/mol. The number of hydrogen-bond acceptors (Lipinski definition) is 3. The quantitative estimate of drug-likeness (QED) is 0.584. The number of aromatic nitrogens is 1. The van der Waals surface area contributed by atoms with Crippen LogP contribution in [0.15, 0.2) is 30.6 Å². The minimum atomic E-state index is -3.82. The van der Waals surface area contributed by atoms with Gasteiger partial charge in [-0.05, 0) is 0 Å². The van der Waals surface area contributed by atoms with Crippen molar-refractivity contribution in [2.24, 2.45) is 0 Å². The van der Waals surface area contributed by atoms with Crippen LogP contribution < -0.4 is 4.57 Å². The van der Waals surface area contributed by atoms with Crippen molar-refractivity contribution in [2.45, 2.75) is 6.54 Å². The third kappa shape index (κ3) is 3.98. The molecular formula is C8H13NO4P+. The average molecular weight is 218 g/mol. The van der Waals surface area contributed by atoms with E-state index in [1.54, 1.807) is 0 Å². The standard InChI is InChI=1S/C8H12NO4P/c1-12-14(10,11)13-8-7-9-5-3-2-4-6-9/h2-6H,7-8H2,1H3/p+1. The normalized spacial score (nSPS) is 15.0. The first kappa shape index (κ1) is 11.3. The Morgan fingerprint density at radius 1 is 1.36 bits per heavy atom. The summed E-state index contributed by atoms with van der Waals surface area (Å²) in [7, 11) is -2.69. The van der Waals surface area contributed by atoms with E-state index in [1.165, 1.54) is 0 Å². The highest BCUT2D eigenvalue weighted by atomic mass is 31.2. The van der Waals surface area contributed by atoms with Crippen LogP contribution in [0, 0.1) is 0 Å². The molecule has 0 aliphatic heterocycles. The van der Waals surface area contributed by atoms with Gasteiger partial charge in [0, 0.05) is 19.2 Å². The van der Waals surface area contributed by atoms with Crippen LogP contribution in [0.2, 0.25) is 0 Å². The third-order valence-corrected chi connectivity index (χ3v) is 2.58. The Kier molecular flexibility index (Phi) is 4.22. The number of phosphoric acid groups is 1. The van der Waals surface area contributed by atoms with E-state index < -0.39 is 7.82 Å². The number of hydrogen-bond donors (Lipinski definition) is 1. The summed E-state index contributed by atoms with van der Waals surface area (Å²) < 4.78 is 21.6. The second-order valence-electron chi connectivity index (χ2n) is 2.60. The predicted molar refractivity (Wildman–Crippen MR) is 49.4 cm³/mol. The summed E-state index contributed by atoms with van der Waals surface area (Å²) in [5.41, 5.74) is 0. The van der Waals surface area contributed by atoms with Crippen molar-refractivity contribution < 1.29 is 23.1 Å². The summed E-state index contributed by atoms with van der Waals surface area (Å²) in [4.78, 5) is 8.90. The van der Waals surface area contributed by atoms with Crippen molar-refractivity contribution in [3.63, 3.8) is 0 Å². The lowest BCUT2D eigenvalue weighted by atomic mass is 10.5. The molecule has 0 aliphatic carbocycles. The van der Waals surface area contributed by atoms with Gasteiger partial charge in [-0.25, -0.2) is 9.13 Å². The molecule has 0 saturated carbocycles. The molecule has 0 spiro atoms. The highest BCUT2D eigenvalue weighted by Gasteiger charge is 2.18. The largest absolute Gasteiger partial charge is 0.472 e. The highest BCUT2D eigenvalue weighted by Crippen LogP contribution is 2.41. The number of pyridine rings is 1. The molecule has 0 bridgehead atoms. The van der Waals surface area contributed by atoms with Crippen LogP contribution in [0.1, 0.15) is 0 Å². The van der Waals surface area contributed by atoms with Gasteiger partial charge in [-0.1, -0.05) is 6.07 Å². The summed E-state index contributed by atoms with van der Waals surface area (Å²) >= 11 is 0. The Morgan fingerprint density at radius 2 is 2.00 bits per heavy atom. The lowest BCUT2D eigenvalue weighted by Gasteiger charge is -2.06. The zero-order valence-corrected chi connectivity index (χ0v) is 8.76. The molecule has 5 nitrogen and oxygen atoms in total. The maximum absolute atomic E-state index is 10.9. The van der Waals surface area contributed by atoms with E-state index in [4.69, 9.17) is 4.89 Å². The smallest absolute Gasteiger partial charge is 0.302 e. The Labute approximate surface area is 82.5 Å². The van der Waals surface area contributed by atoms with Crippen LogP contribution in [0.3, 0.4) is 0 Å². The molecule has 14 heavy (non-hydrogen) atoms. The molecule has 1 aromatic rings. The lowest BCUT2D eigenvalue weighted by molar-refractivity contribution is -0.697. The van der Waals surface area contributed by atoms with Gasteiger partial charge in [-0.3, -0.25) is 9.05 Å². The third-order valence-electron chi connectivity index (χ3n) is 1.61. The van der Waals surface area contributed by atoms with Gasteiger partial charge in [-0.15, -0.1) is 0 Å². The van der Waals surface area contributed by atoms with E-state index in [9.17, 15) is 4.57 Å². The van der Waals surface area contributed by atoms with Crippen molar-refractivity contribution in [1.82, 2.24) is 0 Å². The van der Waals surface area contributed by atoms with E-state index in [1.807, 2.05) is 35.2 Å². The van der Waals surface area contributed by atoms with E-state index >= 15 is 0 Å². The summed E-state index contributed by atoms with van der Waals surface area (Å²) in [5, 5.41) is 0. The molecule has 6 heteroatoms. The van der Waals surface area contributed by atoms with Gasteiger partial charge in [-0.2, -0.15) is 0 Å². The number of nitrogens with zero attached hydrogens (tertiary/aromatic N) is 1. The van der Waals surface area contributed by atoms with Crippen LogP contribution in [0.5, 0.6) is 0 Å². The van der Waals surface area contributed by atoms with E-state index in [-0.39, 0.29) is 6.61 Å². The molecule has 1 atom stereocenters.